The minimum absolute atomic E-state index is 0.0644. The Morgan fingerprint density at radius 2 is 2.05 bits per heavy atom. The zero-order valence-corrected chi connectivity index (χ0v) is 12.5. The van der Waals surface area contributed by atoms with Crippen LogP contribution in [-0.4, -0.2) is 20.4 Å². The summed E-state index contributed by atoms with van der Waals surface area (Å²) >= 11 is 3.11. The number of sulfonamides is 1. The van der Waals surface area contributed by atoms with E-state index in [1.807, 2.05) is 0 Å². The lowest BCUT2D eigenvalue weighted by Gasteiger charge is -2.05. The molecule has 2 aromatic rings. The highest BCUT2D eigenvalue weighted by molar-refractivity contribution is 9.10. The van der Waals surface area contributed by atoms with Crippen molar-refractivity contribution in [2.75, 3.05) is 11.8 Å². The highest BCUT2D eigenvalue weighted by Crippen LogP contribution is 2.27. The van der Waals surface area contributed by atoms with E-state index in [0.29, 0.717) is 18.0 Å². The van der Waals surface area contributed by atoms with Gasteiger partial charge in [0.1, 0.15) is 10.7 Å². The molecule has 0 atom stereocenters. The molecule has 8 heteroatoms. The van der Waals surface area contributed by atoms with E-state index in [0.717, 1.165) is 0 Å². The topological polar surface area (TPSA) is 84.2 Å². The minimum atomic E-state index is -3.69. The van der Waals surface area contributed by atoms with Crippen molar-refractivity contribution in [2.24, 2.45) is 0 Å². The molecule has 0 bridgehead atoms. The smallest absolute Gasteiger partial charge is 0.266 e. The van der Waals surface area contributed by atoms with E-state index in [1.54, 1.807) is 19.2 Å². The van der Waals surface area contributed by atoms with Gasteiger partial charge < -0.3 is 9.73 Å². The number of hydrogen-bond acceptors (Lipinski definition) is 5. The molecular formula is C11H12BrN3O3S. The van der Waals surface area contributed by atoms with Crippen LogP contribution in [0.4, 0.5) is 5.69 Å². The third kappa shape index (κ3) is 3.34. The van der Waals surface area contributed by atoms with Crippen LogP contribution in [0.1, 0.15) is 5.76 Å². The number of anilines is 1. The summed E-state index contributed by atoms with van der Waals surface area (Å²) in [6.07, 6.45) is 3.02. The second-order valence-electron chi connectivity index (χ2n) is 3.72. The molecule has 2 N–H and O–H groups in total. The molecule has 0 fully saturated rings. The molecule has 0 aliphatic carbocycles. The first kappa shape index (κ1) is 14.0. The molecule has 0 aliphatic heterocycles. The van der Waals surface area contributed by atoms with Crippen molar-refractivity contribution < 1.29 is 12.8 Å². The number of pyridine rings is 1. The Kier molecular flexibility index (Phi) is 4.23. The van der Waals surface area contributed by atoms with Crippen LogP contribution in [-0.2, 0) is 16.6 Å². The quantitative estimate of drug-likeness (QED) is 0.865. The highest BCUT2D eigenvalue weighted by Gasteiger charge is 2.22. The normalized spacial score (nSPS) is 11.5. The summed E-state index contributed by atoms with van der Waals surface area (Å²) in [7, 11) is -1.94. The van der Waals surface area contributed by atoms with Crippen LogP contribution >= 0.6 is 15.9 Å². The maximum absolute atomic E-state index is 12.2. The SMILES string of the molecule is CNCc1cc(S(=O)(=O)Nc2ccncc2)c(Br)o1. The summed E-state index contributed by atoms with van der Waals surface area (Å²) in [5, 5.41) is 2.89. The van der Waals surface area contributed by atoms with Crippen molar-refractivity contribution in [1.82, 2.24) is 10.3 Å². The predicted molar refractivity (Wildman–Crippen MR) is 74.2 cm³/mol. The Labute approximate surface area is 119 Å². The van der Waals surface area contributed by atoms with Gasteiger partial charge in [-0.3, -0.25) is 9.71 Å². The van der Waals surface area contributed by atoms with Crippen LogP contribution < -0.4 is 10.0 Å². The summed E-state index contributed by atoms with van der Waals surface area (Å²) < 4.78 is 32.3. The van der Waals surface area contributed by atoms with E-state index in [1.165, 1.54) is 18.5 Å². The van der Waals surface area contributed by atoms with Crippen molar-refractivity contribution in [3.8, 4) is 0 Å². The van der Waals surface area contributed by atoms with Crippen LogP contribution in [0.5, 0.6) is 0 Å². The number of rotatable bonds is 5. The lowest BCUT2D eigenvalue weighted by Crippen LogP contribution is -2.12. The molecule has 0 spiro atoms. The maximum Gasteiger partial charge on any atom is 0.266 e. The Balaban J connectivity index is 2.29. The largest absolute Gasteiger partial charge is 0.451 e. The second kappa shape index (κ2) is 5.72. The maximum atomic E-state index is 12.2. The Hall–Kier alpha value is -1.38. The third-order valence-electron chi connectivity index (χ3n) is 2.28. The minimum Gasteiger partial charge on any atom is -0.451 e. The standard InChI is InChI=1S/C11H12BrN3O3S/c1-13-7-9-6-10(11(12)18-9)19(16,17)15-8-2-4-14-5-3-8/h2-6,13H,7H2,1H3,(H,14,15). The number of hydrogen-bond donors (Lipinski definition) is 2. The molecule has 2 rings (SSSR count). The summed E-state index contributed by atoms with van der Waals surface area (Å²) in [5.74, 6) is 0.532. The van der Waals surface area contributed by atoms with E-state index >= 15 is 0 Å². The highest BCUT2D eigenvalue weighted by atomic mass is 79.9. The van der Waals surface area contributed by atoms with Gasteiger partial charge in [0.05, 0.1) is 12.2 Å². The van der Waals surface area contributed by atoms with E-state index < -0.39 is 10.0 Å². The fraction of sp³-hybridized carbons (Fsp3) is 0.182. The van der Waals surface area contributed by atoms with Gasteiger partial charge in [0.15, 0.2) is 4.67 Å². The third-order valence-corrected chi connectivity index (χ3v) is 4.52. The molecule has 2 heterocycles. The van der Waals surface area contributed by atoms with Crippen molar-refractivity contribution in [3.05, 3.63) is 41.0 Å². The van der Waals surface area contributed by atoms with E-state index in [9.17, 15) is 8.42 Å². The van der Waals surface area contributed by atoms with Gasteiger partial charge >= 0.3 is 0 Å². The van der Waals surface area contributed by atoms with Crippen LogP contribution in [0.15, 0.2) is 44.6 Å². The fourth-order valence-electron chi connectivity index (χ4n) is 1.47. The summed E-state index contributed by atoms with van der Waals surface area (Å²) in [6, 6.07) is 4.62. The first-order chi connectivity index (χ1) is 9.03. The molecule has 0 aromatic carbocycles. The van der Waals surface area contributed by atoms with Crippen molar-refractivity contribution in [1.29, 1.82) is 0 Å². The van der Waals surface area contributed by atoms with Crippen LogP contribution in [0, 0.1) is 0 Å². The van der Waals surface area contributed by atoms with Crippen molar-refractivity contribution in [2.45, 2.75) is 11.4 Å². The van der Waals surface area contributed by atoms with Gasteiger partial charge in [-0.05, 0) is 35.1 Å². The lowest BCUT2D eigenvalue weighted by molar-refractivity contribution is 0.470. The Morgan fingerprint density at radius 1 is 1.37 bits per heavy atom. The number of nitrogens with zero attached hydrogens (tertiary/aromatic N) is 1. The summed E-state index contributed by atoms with van der Waals surface area (Å²) in [6.45, 7) is 0.448. The second-order valence-corrected chi connectivity index (χ2v) is 6.09. The van der Waals surface area contributed by atoms with Gasteiger partial charge in [-0.25, -0.2) is 8.42 Å². The first-order valence-corrected chi connectivity index (χ1v) is 7.66. The molecular weight excluding hydrogens is 334 g/mol. The van der Waals surface area contributed by atoms with E-state index in [2.05, 4.69) is 31.0 Å². The van der Waals surface area contributed by atoms with Crippen LogP contribution in [0.25, 0.3) is 0 Å². The van der Waals surface area contributed by atoms with Gasteiger partial charge in [0.2, 0.25) is 0 Å². The van der Waals surface area contributed by atoms with Gasteiger partial charge in [-0.2, -0.15) is 0 Å². The molecule has 2 aromatic heterocycles. The molecule has 0 amide bonds. The molecule has 0 unspecified atom stereocenters. The summed E-state index contributed by atoms with van der Waals surface area (Å²) in [4.78, 5) is 3.89. The van der Waals surface area contributed by atoms with Gasteiger partial charge in [0.25, 0.3) is 10.0 Å². The van der Waals surface area contributed by atoms with Gasteiger partial charge in [-0.15, -0.1) is 0 Å². The number of aromatic nitrogens is 1. The molecule has 0 radical (unpaired) electrons. The Bertz CT molecular complexity index is 655. The number of nitrogens with one attached hydrogen (secondary N) is 2. The molecule has 0 saturated heterocycles. The lowest BCUT2D eigenvalue weighted by atomic mass is 10.4. The zero-order chi connectivity index (χ0) is 13.9. The zero-order valence-electron chi connectivity index (χ0n) is 10.1. The predicted octanol–water partition coefficient (Wildman–Crippen LogP) is 1.96. The summed E-state index contributed by atoms with van der Waals surface area (Å²) in [5.41, 5.74) is 0.443. The van der Waals surface area contributed by atoms with Crippen molar-refractivity contribution in [3.63, 3.8) is 0 Å². The molecule has 0 saturated carbocycles. The number of furan rings is 1. The van der Waals surface area contributed by atoms with E-state index in [4.69, 9.17) is 4.42 Å². The molecule has 6 nitrogen and oxygen atoms in total. The van der Waals surface area contributed by atoms with Gasteiger partial charge in [-0.1, -0.05) is 0 Å². The average molecular weight is 346 g/mol. The first-order valence-electron chi connectivity index (χ1n) is 5.38. The van der Waals surface area contributed by atoms with E-state index in [-0.39, 0.29) is 9.56 Å². The van der Waals surface area contributed by atoms with Crippen LogP contribution in [0.2, 0.25) is 0 Å². The monoisotopic (exact) mass is 345 g/mol. The Morgan fingerprint density at radius 3 is 2.68 bits per heavy atom. The van der Waals surface area contributed by atoms with Gasteiger partial charge in [0, 0.05) is 18.5 Å². The molecule has 0 aliphatic rings. The van der Waals surface area contributed by atoms with Crippen molar-refractivity contribution >= 4 is 31.6 Å². The average Bonchev–Trinajstić information content (AvgIpc) is 2.72. The molecule has 19 heavy (non-hydrogen) atoms. The van der Waals surface area contributed by atoms with Crippen LogP contribution in [0.3, 0.4) is 0 Å². The fourth-order valence-corrected chi connectivity index (χ4v) is 3.53. The number of halogens is 1. The molecule has 102 valence electrons.